The lowest BCUT2D eigenvalue weighted by molar-refractivity contribution is -0.385. The Balaban J connectivity index is 2.10. The normalized spacial score (nSPS) is 10.6. The van der Waals surface area contributed by atoms with Gasteiger partial charge in [-0.2, -0.15) is 5.10 Å². The summed E-state index contributed by atoms with van der Waals surface area (Å²) in [5.41, 5.74) is 2.64. The number of hydrazone groups is 1. The first-order valence-corrected chi connectivity index (χ1v) is 6.18. The van der Waals surface area contributed by atoms with E-state index in [-0.39, 0.29) is 17.2 Å². The SMILES string of the molecule is O=[N+]([O-])c1ccc(NN=Cc2cc([N+](=O)[O-])ccc2Cl)nc1. The number of hydrogen-bond acceptors (Lipinski definition) is 7. The molecule has 22 heavy (non-hydrogen) atoms. The molecule has 10 heteroatoms. The number of nitro groups is 2. The molecule has 0 aliphatic carbocycles. The van der Waals surface area contributed by atoms with Gasteiger partial charge in [0.25, 0.3) is 11.4 Å². The van der Waals surface area contributed by atoms with Crippen LogP contribution in [0.25, 0.3) is 0 Å². The van der Waals surface area contributed by atoms with Crippen LogP contribution in [0, 0.1) is 20.2 Å². The van der Waals surface area contributed by atoms with Crippen molar-refractivity contribution in [1.82, 2.24) is 4.98 Å². The second kappa shape index (κ2) is 6.59. The molecule has 0 saturated heterocycles. The minimum Gasteiger partial charge on any atom is -0.261 e. The predicted octanol–water partition coefficient (Wildman–Crippen LogP) is 3.00. The smallest absolute Gasteiger partial charge is 0.261 e. The molecule has 2 rings (SSSR count). The fraction of sp³-hybridized carbons (Fsp3) is 0. The average Bonchev–Trinajstić information content (AvgIpc) is 2.49. The van der Waals surface area contributed by atoms with Crippen LogP contribution >= 0.6 is 11.6 Å². The summed E-state index contributed by atoms with van der Waals surface area (Å²) >= 11 is 5.91. The number of rotatable bonds is 5. The third kappa shape index (κ3) is 3.73. The van der Waals surface area contributed by atoms with E-state index < -0.39 is 9.85 Å². The van der Waals surface area contributed by atoms with Crippen LogP contribution in [0.5, 0.6) is 0 Å². The Labute approximate surface area is 128 Å². The minimum absolute atomic E-state index is 0.112. The fourth-order valence-corrected chi connectivity index (χ4v) is 1.64. The first-order chi connectivity index (χ1) is 10.5. The van der Waals surface area contributed by atoms with Gasteiger partial charge < -0.3 is 0 Å². The molecule has 1 N–H and O–H groups in total. The second-order valence-corrected chi connectivity index (χ2v) is 4.40. The van der Waals surface area contributed by atoms with E-state index in [4.69, 9.17) is 11.6 Å². The minimum atomic E-state index is -0.567. The highest BCUT2D eigenvalue weighted by molar-refractivity contribution is 6.33. The van der Waals surface area contributed by atoms with E-state index in [1.54, 1.807) is 0 Å². The highest BCUT2D eigenvalue weighted by Gasteiger charge is 2.08. The fourth-order valence-electron chi connectivity index (χ4n) is 1.47. The van der Waals surface area contributed by atoms with Gasteiger partial charge in [0.1, 0.15) is 12.0 Å². The topological polar surface area (TPSA) is 124 Å². The molecule has 0 atom stereocenters. The van der Waals surface area contributed by atoms with Gasteiger partial charge in [0.05, 0.1) is 16.1 Å². The van der Waals surface area contributed by atoms with Crippen molar-refractivity contribution in [2.45, 2.75) is 0 Å². The lowest BCUT2D eigenvalue weighted by atomic mass is 10.2. The Kier molecular flexibility index (Phi) is 4.59. The average molecular weight is 322 g/mol. The number of nitrogens with zero attached hydrogens (tertiary/aromatic N) is 4. The van der Waals surface area contributed by atoms with Gasteiger partial charge in [0.2, 0.25) is 0 Å². The van der Waals surface area contributed by atoms with Crippen LogP contribution in [0.15, 0.2) is 41.6 Å². The number of pyridine rings is 1. The van der Waals surface area contributed by atoms with Crippen molar-refractivity contribution in [2.24, 2.45) is 5.10 Å². The monoisotopic (exact) mass is 321 g/mol. The summed E-state index contributed by atoms with van der Waals surface area (Å²) in [6, 6.07) is 6.60. The van der Waals surface area contributed by atoms with Gasteiger partial charge >= 0.3 is 0 Å². The van der Waals surface area contributed by atoms with Crippen LogP contribution in [-0.4, -0.2) is 21.0 Å². The highest BCUT2D eigenvalue weighted by Crippen LogP contribution is 2.20. The van der Waals surface area contributed by atoms with Gasteiger partial charge in [-0.25, -0.2) is 4.98 Å². The summed E-state index contributed by atoms with van der Waals surface area (Å²) in [6.45, 7) is 0. The summed E-state index contributed by atoms with van der Waals surface area (Å²) in [6.07, 6.45) is 2.37. The Morgan fingerprint density at radius 3 is 2.41 bits per heavy atom. The molecular weight excluding hydrogens is 314 g/mol. The van der Waals surface area contributed by atoms with Crippen molar-refractivity contribution < 1.29 is 9.85 Å². The maximum Gasteiger partial charge on any atom is 0.287 e. The molecule has 9 nitrogen and oxygen atoms in total. The zero-order valence-corrected chi connectivity index (χ0v) is 11.6. The van der Waals surface area contributed by atoms with Crippen LogP contribution in [0.1, 0.15) is 5.56 Å². The van der Waals surface area contributed by atoms with Gasteiger partial charge in [-0.15, -0.1) is 0 Å². The van der Waals surface area contributed by atoms with Crippen molar-refractivity contribution in [1.29, 1.82) is 0 Å². The Morgan fingerprint density at radius 1 is 1.14 bits per heavy atom. The Morgan fingerprint density at radius 2 is 1.82 bits per heavy atom. The summed E-state index contributed by atoms with van der Waals surface area (Å²) in [5, 5.41) is 25.3. The van der Waals surface area contributed by atoms with E-state index in [0.717, 1.165) is 6.20 Å². The molecule has 0 fully saturated rings. The molecule has 0 aliphatic rings. The van der Waals surface area contributed by atoms with Crippen molar-refractivity contribution in [3.8, 4) is 0 Å². The number of aromatic nitrogens is 1. The van der Waals surface area contributed by atoms with Crippen molar-refractivity contribution in [3.05, 3.63) is 67.3 Å². The molecule has 0 aliphatic heterocycles. The molecule has 0 bridgehead atoms. The molecule has 0 saturated carbocycles. The zero-order valence-electron chi connectivity index (χ0n) is 10.8. The first kappa shape index (κ1) is 15.3. The van der Waals surface area contributed by atoms with E-state index in [1.807, 2.05) is 0 Å². The predicted molar refractivity (Wildman–Crippen MR) is 80.2 cm³/mol. The Bertz CT molecular complexity index is 748. The number of halogens is 1. The summed E-state index contributed by atoms with van der Waals surface area (Å²) in [7, 11) is 0. The molecule has 1 heterocycles. The van der Waals surface area contributed by atoms with Gasteiger partial charge in [0.15, 0.2) is 0 Å². The van der Waals surface area contributed by atoms with Crippen LogP contribution in [-0.2, 0) is 0 Å². The molecule has 0 radical (unpaired) electrons. The van der Waals surface area contributed by atoms with Crippen molar-refractivity contribution >= 4 is 35.0 Å². The lowest BCUT2D eigenvalue weighted by Gasteiger charge is -2.00. The molecule has 112 valence electrons. The number of anilines is 1. The van der Waals surface area contributed by atoms with E-state index >= 15 is 0 Å². The first-order valence-electron chi connectivity index (χ1n) is 5.81. The molecule has 1 aromatic heterocycles. The highest BCUT2D eigenvalue weighted by atomic mass is 35.5. The maximum atomic E-state index is 10.7. The molecule has 1 aromatic carbocycles. The van der Waals surface area contributed by atoms with Gasteiger partial charge in [-0.05, 0) is 12.1 Å². The van der Waals surface area contributed by atoms with Crippen LogP contribution in [0.4, 0.5) is 17.2 Å². The van der Waals surface area contributed by atoms with E-state index in [0.29, 0.717) is 10.6 Å². The van der Waals surface area contributed by atoms with Gasteiger partial charge in [0, 0.05) is 28.8 Å². The second-order valence-electron chi connectivity index (χ2n) is 3.99. The largest absolute Gasteiger partial charge is 0.287 e. The molecule has 0 unspecified atom stereocenters. The lowest BCUT2D eigenvalue weighted by Crippen LogP contribution is -1.96. The van der Waals surface area contributed by atoms with Gasteiger partial charge in [-0.1, -0.05) is 11.6 Å². The third-order valence-electron chi connectivity index (χ3n) is 2.53. The molecule has 2 aromatic rings. The summed E-state index contributed by atoms with van der Waals surface area (Å²) in [5.74, 6) is 0.281. The maximum absolute atomic E-state index is 10.7. The number of nitro benzene ring substituents is 1. The molecular formula is C12H8ClN5O4. The van der Waals surface area contributed by atoms with Crippen molar-refractivity contribution in [2.75, 3.05) is 5.43 Å². The number of non-ortho nitro benzene ring substituents is 1. The molecule has 0 spiro atoms. The molecule has 0 amide bonds. The summed E-state index contributed by atoms with van der Waals surface area (Å²) < 4.78 is 0. The van der Waals surface area contributed by atoms with Crippen LogP contribution in [0.3, 0.4) is 0 Å². The van der Waals surface area contributed by atoms with E-state index in [1.165, 1.54) is 36.5 Å². The number of nitrogens with one attached hydrogen (secondary N) is 1. The number of hydrogen-bond donors (Lipinski definition) is 1. The quantitative estimate of drug-likeness (QED) is 0.513. The summed E-state index contributed by atoms with van der Waals surface area (Å²) in [4.78, 5) is 23.8. The van der Waals surface area contributed by atoms with Crippen LogP contribution < -0.4 is 5.43 Å². The standard InChI is InChI=1S/C12H8ClN5O4/c13-11-3-1-9(17(19)20)5-8(11)6-15-16-12-4-2-10(7-14-12)18(21)22/h1-7H,(H,14,16). The third-order valence-corrected chi connectivity index (χ3v) is 2.88. The zero-order chi connectivity index (χ0) is 16.1. The van der Waals surface area contributed by atoms with Gasteiger partial charge in [-0.3, -0.25) is 25.7 Å². The Hall–Kier alpha value is -3.07. The van der Waals surface area contributed by atoms with E-state index in [9.17, 15) is 20.2 Å². The van der Waals surface area contributed by atoms with Crippen LogP contribution in [0.2, 0.25) is 5.02 Å². The van der Waals surface area contributed by atoms with Crippen molar-refractivity contribution in [3.63, 3.8) is 0 Å². The number of benzene rings is 1. The van der Waals surface area contributed by atoms with E-state index in [2.05, 4.69) is 15.5 Å².